The van der Waals surface area contributed by atoms with E-state index in [4.69, 9.17) is 4.74 Å². The highest BCUT2D eigenvalue weighted by Crippen LogP contribution is 2.19. The third kappa shape index (κ3) is 3.47. The van der Waals surface area contributed by atoms with Crippen molar-refractivity contribution in [3.8, 4) is 5.75 Å². The molecule has 1 N–H and O–H groups in total. The number of benzene rings is 2. The number of rotatable bonds is 3. The van der Waals surface area contributed by atoms with Crippen molar-refractivity contribution in [3.63, 3.8) is 0 Å². The van der Waals surface area contributed by atoms with Crippen LogP contribution >= 0.6 is 22.6 Å². The van der Waals surface area contributed by atoms with Gasteiger partial charge in [0.15, 0.2) is 0 Å². The zero-order chi connectivity index (χ0) is 13.8. The monoisotopic (exact) mass is 367 g/mol. The number of aryl methyl sites for hydroxylation is 1. The van der Waals surface area contributed by atoms with E-state index < -0.39 is 0 Å². The van der Waals surface area contributed by atoms with Gasteiger partial charge < -0.3 is 10.1 Å². The van der Waals surface area contributed by atoms with Crippen LogP contribution in [0.1, 0.15) is 15.9 Å². The van der Waals surface area contributed by atoms with Crippen molar-refractivity contribution in [2.24, 2.45) is 0 Å². The van der Waals surface area contributed by atoms with Gasteiger partial charge in [-0.1, -0.05) is 12.1 Å². The van der Waals surface area contributed by atoms with Gasteiger partial charge in [0.25, 0.3) is 5.91 Å². The van der Waals surface area contributed by atoms with E-state index in [9.17, 15) is 4.79 Å². The molecule has 0 aliphatic carbocycles. The van der Waals surface area contributed by atoms with Gasteiger partial charge >= 0.3 is 0 Å². The SMILES string of the molecule is COc1cccc(NC(=O)c2ccc(C)c(I)c2)c1. The highest BCUT2D eigenvalue weighted by Gasteiger charge is 2.08. The lowest BCUT2D eigenvalue weighted by Gasteiger charge is -2.08. The van der Waals surface area contributed by atoms with Crippen molar-refractivity contribution < 1.29 is 9.53 Å². The number of anilines is 1. The fourth-order valence-electron chi connectivity index (χ4n) is 1.64. The molecule has 0 unspecified atom stereocenters. The molecule has 0 saturated carbocycles. The third-order valence-corrected chi connectivity index (χ3v) is 3.92. The highest BCUT2D eigenvalue weighted by molar-refractivity contribution is 14.1. The Morgan fingerprint density at radius 2 is 2.00 bits per heavy atom. The normalized spacial score (nSPS) is 10.1. The van der Waals surface area contributed by atoms with Crippen molar-refractivity contribution in [2.75, 3.05) is 12.4 Å². The van der Waals surface area contributed by atoms with Crippen LogP contribution in [0.25, 0.3) is 0 Å². The van der Waals surface area contributed by atoms with Crippen molar-refractivity contribution in [1.29, 1.82) is 0 Å². The average Bonchev–Trinajstić information content (AvgIpc) is 2.42. The Hall–Kier alpha value is -1.56. The molecule has 0 heterocycles. The molecule has 0 fully saturated rings. The number of nitrogens with one attached hydrogen (secondary N) is 1. The highest BCUT2D eigenvalue weighted by atomic mass is 127. The molecule has 0 aromatic heterocycles. The topological polar surface area (TPSA) is 38.3 Å². The minimum absolute atomic E-state index is 0.119. The summed E-state index contributed by atoms with van der Waals surface area (Å²) in [5.74, 6) is 0.599. The molecule has 0 radical (unpaired) electrons. The van der Waals surface area contributed by atoms with E-state index in [0.29, 0.717) is 5.56 Å². The molecule has 3 nitrogen and oxygen atoms in total. The molecule has 0 bridgehead atoms. The molecular weight excluding hydrogens is 353 g/mol. The van der Waals surface area contributed by atoms with E-state index >= 15 is 0 Å². The summed E-state index contributed by atoms with van der Waals surface area (Å²) in [5, 5.41) is 2.86. The maximum Gasteiger partial charge on any atom is 0.255 e. The summed E-state index contributed by atoms with van der Waals surface area (Å²) in [4.78, 5) is 12.1. The number of carbonyl (C=O) groups excluding carboxylic acids is 1. The minimum Gasteiger partial charge on any atom is -0.497 e. The number of hydrogen-bond donors (Lipinski definition) is 1. The molecule has 2 aromatic rings. The van der Waals surface area contributed by atoms with Gasteiger partial charge in [0, 0.05) is 20.9 Å². The smallest absolute Gasteiger partial charge is 0.255 e. The van der Waals surface area contributed by atoms with Crippen molar-refractivity contribution >= 4 is 34.2 Å². The lowest BCUT2D eigenvalue weighted by atomic mass is 10.1. The zero-order valence-corrected chi connectivity index (χ0v) is 12.9. The predicted octanol–water partition coefficient (Wildman–Crippen LogP) is 3.86. The van der Waals surface area contributed by atoms with Crippen LogP contribution in [-0.2, 0) is 0 Å². The number of amides is 1. The molecule has 19 heavy (non-hydrogen) atoms. The van der Waals surface area contributed by atoms with Crippen LogP contribution in [-0.4, -0.2) is 13.0 Å². The zero-order valence-electron chi connectivity index (χ0n) is 10.7. The van der Waals surface area contributed by atoms with E-state index in [1.165, 1.54) is 5.56 Å². The van der Waals surface area contributed by atoms with Gasteiger partial charge in [-0.05, 0) is 59.3 Å². The molecule has 2 rings (SSSR count). The van der Waals surface area contributed by atoms with E-state index in [2.05, 4.69) is 27.9 Å². The second-order valence-electron chi connectivity index (χ2n) is 4.15. The second kappa shape index (κ2) is 6.06. The van der Waals surface area contributed by atoms with Crippen LogP contribution < -0.4 is 10.1 Å². The largest absolute Gasteiger partial charge is 0.497 e. The summed E-state index contributed by atoms with van der Waals surface area (Å²) in [5.41, 5.74) is 2.54. The summed E-state index contributed by atoms with van der Waals surface area (Å²) in [7, 11) is 1.60. The molecule has 4 heteroatoms. The van der Waals surface area contributed by atoms with Crippen LogP contribution in [0.5, 0.6) is 5.75 Å². The minimum atomic E-state index is -0.119. The standard InChI is InChI=1S/C15H14INO2/c1-10-6-7-11(8-14(10)16)15(18)17-12-4-3-5-13(9-12)19-2/h3-9H,1-2H3,(H,17,18). The van der Waals surface area contributed by atoms with Crippen LogP contribution in [0.2, 0.25) is 0 Å². The Kier molecular flexibility index (Phi) is 4.42. The van der Waals surface area contributed by atoms with E-state index in [0.717, 1.165) is 15.0 Å². The quantitative estimate of drug-likeness (QED) is 0.837. The van der Waals surface area contributed by atoms with E-state index in [1.807, 2.05) is 43.3 Å². The summed E-state index contributed by atoms with van der Waals surface area (Å²) < 4.78 is 6.20. The molecule has 0 atom stereocenters. The second-order valence-corrected chi connectivity index (χ2v) is 5.31. The van der Waals surface area contributed by atoms with Gasteiger partial charge in [-0.2, -0.15) is 0 Å². The Bertz CT molecular complexity index is 611. The van der Waals surface area contributed by atoms with Crippen LogP contribution in [0.3, 0.4) is 0 Å². The fourth-order valence-corrected chi connectivity index (χ4v) is 2.15. The van der Waals surface area contributed by atoms with Crippen molar-refractivity contribution in [1.82, 2.24) is 0 Å². The Labute approximate surface area is 126 Å². The molecule has 2 aromatic carbocycles. The van der Waals surface area contributed by atoms with Crippen LogP contribution in [0.15, 0.2) is 42.5 Å². The molecule has 0 saturated heterocycles. The number of carbonyl (C=O) groups is 1. The van der Waals surface area contributed by atoms with Gasteiger partial charge in [-0.15, -0.1) is 0 Å². The lowest BCUT2D eigenvalue weighted by Crippen LogP contribution is -2.12. The molecule has 0 spiro atoms. The Balaban J connectivity index is 2.18. The first-order valence-electron chi connectivity index (χ1n) is 5.81. The number of ether oxygens (including phenoxy) is 1. The number of hydrogen-bond acceptors (Lipinski definition) is 2. The van der Waals surface area contributed by atoms with Gasteiger partial charge in [0.1, 0.15) is 5.75 Å². The number of halogens is 1. The first-order valence-corrected chi connectivity index (χ1v) is 6.89. The van der Waals surface area contributed by atoms with Gasteiger partial charge in [0.05, 0.1) is 7.11 Å². The third-order valence-electron chi connectivity index (χ3n) is 2.76. The molecule has 0 aliphatic rings. The fraction of sp³-hybridized carbons (Fsp3) is 0.133. The molecule has 1 amide bonds. The first kappa shape index (κ1) is 13.9. The average molecular weight is 367 g/mol. The number of methoxy groups -OCH3 is 1. The van der Waals surface area contributed by atoms with E-state index in [-0.39, 0.29) is 5.91 Å². The summed E-state index contributed by atoms with van der Waals surface area (Å²) in [6.45, 7) is 2.02. The predicted molar refractivity (Wildman–Crippen MR) is 84.8 cm³/mol. The van der Waals surface area contributed by atoms with Crippen LogP contribution in [0.4, 0.5) is 5.69 Å². The maximum absolute atomic E-state index is 12.1. The first-order chi connectivity index (χ1) is 9.10. The Morgan fingerprint density at radius 3 is 2.68 bits per heavy atom. The van der Waals surface area contributed by atoms with Gasteiger partial charge in [-0.25, -0.2) is 0 Å². The lowest BCUT2D eigenvalue weighted by molar-refractivity contribution is 0.102. The van der Waals surface area contributed by atoms with Crippen molar-refractivity contribution in [3.05, 3.63) is 57.2 Å². The van der Waals surface area contributed by atoms with Crippen LogP contribution in [0, 0.1) is 10.5 Å². The Morgan fingerprint density at radius 1 is 1.21 bits per heavy atom. The summed E-state index contributed by atoms with van der Waals surface area (Å²) in [6, 6.07) is 13.0. The molecular formula is C15H14INO2. The summed E-state index contributed by atoms with van der Waals surface area (Å²) >= 11 is 2.23. The van der Waals surface area contributed by atoms with E-state index in [1.54, 1.807) is 13.2 Å². The van der Waals surface area contributed by atoms with Gasteiger partial charge in [-0.3, -0.25) is 4.79 Å². The maximum atomic E-state index is 12.1. The van der Waals surface area contributed by atoms with Crippen molar-refractivity contribution in [2.45, 2.75) is 6.92 Å². The van der Waals surface area contributed by atoms with Gasteiger partial charge in [0.2, 0.25) is 0 Å². The molecule has 0 aliphatic heterocycles. The molecule has 98 valence electrons. The summed E-state index contributed by atoms with van der Waals surface area (Å²) in [6.07, 6.45) is 0.